The third kappa shape index (κ3) is 6.91. The fourth-order valence-corrected chi connectivity index (χ4v) is 5.31. The van der Waals surface area contributed by atoms with Crippen LogP contribution in [0.4, 0.5) is 4.79 Å². The Morgan fingerprint density at radius 2 is 1.68 bits per heavy atom. The predicted octanol–water partition coefficient (Wildman–Crippen LogP) is 1.45. The van der Waals surface area contributed by atoms with E-state index in [0.29, 0.717) is 13.1 Å². The van der Waals surface area contributed by atoms with Crippen molar-refractivity contribution >= 4 is 12.1 Å². The highest BCUT2D eigenvalue weighted by Gasteiger charge is 2.39. The zero-order chi connectivity index (χ0) is 23.9. The number of aliphatic carboxylic acids is 1. The Bertz CT molecular complexity index is 802. The molecule has 3 heterocycles. The molecule has 4 rings (SSSR count). The minimum Gasteiger partial charge on any atom is -0.481 e. The average Bonchev–Trinajstić information content (AvgIpc) is 3.17. The molecule has 1 amide bonds. The van der Waals surface area contributed by atoms with Gasteiger partial charge in [0.05, 0.1) is 13.0 Å². The van der Waals surface area contributed by atoms with Crippen molar-refractivity contribution in [1.82, 2.24) is 24.5 Å². The summed E-state index contributed by atoms with van der Waals surface area (Å²) in [6.07, 6.45) is 1.81. The number of rotatable bonds is 10. The molecule has 0 aliphatic carbocycles. The number of cyclic esters (lactones) is 1. The molecule has 1 aromatic carbocycles. The van der Waals surface area contributed by atoms with E-state index in [9.17, 15) is 9.59 Å². The first kappa shape index (κ1) is 24.9. The molecule has 2 unspecified atom stereocenters. The first-order valence-electron chi connectivity index (χ1n) is 12.6. The van der Waals surface area contributed by atoms with E-state index >= 15 is 0 Å². The maximum atomic E-state index is 11.9. The molecule has 3 saturated heterocycles. The molecule has 3 aliphatic heterocycles. The van der Waals surface area contributed by atoms with Gasteiger partial charge in [-0.05, 0) is 24.9 Å². The number of hydrogen-bond donors (Lipinski definition) is 1. The smallest absolute Gasteiger partial charge is 0.411 e. The van der Waals surface area contributed by atoms with Gasteiger partial charge in [0.25, 0.3) is 0 Å². The van der Waals surface area contributed by atoms with Gasteiger partial charge < -0.3 is 19.6 Å². The Balaban J connectivity index is 1.24. The third-order valence-electron chi connectivity index (χ3n) is 7.33. The monoisotopic (exact) mass is 473 g/mol. The van der Waals surface area contributed by atoms with Gasteiger partial charge in [-0.3, -0.25) is 19.5 Å². The van der Waals surface area contributed by atoms with E-state index in [2.05, 4.69) is 49.9 Å². The van der Waals surface area contributed by atoms with Gasteiger partial charge in [0, 0.05) is 72.0 Å². The summed E-state index contributed by atoms with van der Waals surface area (Å²) in [5.74, 6) is -0.753. The minimum atomic E-state index is -0.753. The molecule has 0 saturated carbocycles. The van der Waals surface area contributed by atoms with Crippen LogP contribution in [0, 0.1) is 0 Å². The second-order valence-corrected chi connectivity index (χ2v) is 9.80. The number of ether oxygens (including phenoxy) is 1. The molecule has 188 valence electrons. The highest BCUT2D eigenvalue weighted by molar-refractivity contribution is 5.69. The minimum absolute atomic E-state index is 0.168. The predicted molar refractivity (Wildman–Crippen MR) is 129 cm³/mol. The summed E-state index contributed by atoms with van der Waals surface area (Å²) >= 11 is 0. The SMILES string of the molecule is CN1CC(N2CCN(CCC(=O)O)CC2CCCN2CCN(Cc3ccccc3)CC2)OC1=O. The molecule has 0 bridgehead atoms. The molecule has 1 aromatic rings. The van der Waals surface area contributed by atoms with Crippen molar-refractivity contribution in [3.63, 3.8) is 0 Å². The maximum Gasteiger partial charge on any atom is 0.411 e. The van der Waals surface area contributed by atoms with Gasteiger partial charge in [0.1, 0.15) is 0 Å². The van der Waals surface area contributed by atoms with E-state index in [-0.39, 0.29) is 24.8 Å². The lowest BCUT2D eigenvalue weighted by atomic mass is 10.0. The lowest BCUT2D eigenvalue weighted by Gasteiger charge is -2.43. The Labute approximate surface area is 202 Å². The largest absolute Gasteiger partial charge is 0.481 e. The first-order valence-corrected chi connectivity index (χ1v) is 12.6. The second kappa shape index (κ2) is 12.0. The molecule has 3 aliphatic rings. The zero-order valence-electron chi connectivity index (χ0n) is 20.3. The van der Waals surface area contributed by atoms with Crippen LogP contribution in [-0.2, 0) is 16.1 Å². The van der Waals surface area contributed by atoms with Crippen LogP contribution in [0.3, 0.4) is 0 Å². The second-order valence-electron chi connectivity index (χ2n) is 9.80. The molecule has 9 heteroatoms. The number of benzene rings is 1. The molecule has 9 nitrogen and oxygen atoms in total. The molecule has 34 heavy (non-hydrogen) atoms. The summed E-state index contributed by atoms with van der Waals surface area (Å²) in [5, 5.41) is 9.07. The first-order chi connectivity index (χ1) is 16.5. The van der Waals surface area contributed by atoms with Crippen molar-refractivity contribution in [2.45, 2.75) is 38.1 Å². The van der Waals surface area contributed by atoms with Crippen LogP contribution >= 0.6 is 0 Å². The molecule has 0 radical (unpaired) electrons. The van der Waals surface area contributed by atoms with Gasteiger partial charge in [0.15, 0.2) is 6.23 Å². The summed E-state index contributed by atoms with van der Waals surface area (Å²) < 4.78 is 5.62. The Hall–Kier alpha value is -2.20. The number of amides is 1. The van der Waals surface area contributed by atoms with Gasteiger partial charge in [-0.2, -0.15) is 0 Å². The Morgan fingerprint density at radius 3 is 2.35 bits per heavy atom. The van der Waals surface area contributed by atoms with Gasteiger partial charge in [-0.25, -0.2) is 4.79 Å². The van der Waals surface area contributed by atoms with Crippen molar-refractivity contribution in [3.05, 3.63) is 35.9 Å². The molecular weight excluding hydrogens is 434 g/mol. The molecule has 1 N–H and O–H groups in total. The summed E-state index contributed by atoms with van der Waals surface area (Å²) in [6, 6.07) is 10.9. The van der Waals surface area contributed by atoms with Crippen molar-refractivity contribution in [3.8, 4) is 0 Å². The number of carboxylic acids is 1. The highest BCUT2D eigenvalue weighted by atomic mass is 16.6. The number of nitrogens with zero attached hydrogens (tertiary/aromatic N) is 5. The van der Waals surface area contributed by atoms with Crippen molar-refractivity contribution < 1.29 is 19.4 Å². The van der Waals surface area contributed by atoms with Crippen LogP contribution in [0.1, 0.15) is 24.8 Å². The third-order valence-corrected chi connectivity index (χ3v) is 7.33. The lowest BCUT2D eigenvalue weighted by Crippen LogP contribution is -2.57. The number of carbonyl (C=O) groups is 2. The quantitative estimate of drug-likeness (QED) is 0.547. The van der Waals surface area contributed by atoms with E-state index in [0.717, 1.165) is 71.7 Å². The number of carbonyl (C=O) groups excluding carboxylic acids is 1. The van der Waals surface area contributed by atoms with Gasteiger partial charge >= 0.3 is 12.1 Å². The van der Waals surface area contributed by atoms with Crippen molar-refractivity contribution in [2.75, 3.05) is 72.5 Å². The van der Waals surface area contributed by atoms with Crippen molar-refractivity contribution in [1.29, 1.82) is 0 Å². The highest BCUT2D eigenvalue weighted by Crippen LogP contribution is 2.23. The van der Waals surface area contributed by atoms with Crippen LogP contribution in [-0.4, -0.2) is 126 Å². The summed E-state index contributed by atoms with van der Waals surface area (Å²) in [7, 11) is 1.78. The molecular formula is C25H39N5O4. The van der Waals surface area contributed by atoms with Crippen LogP contribution in [0.15, 0.2) is 30.3 Å². The number of piperazine rings is 2. The molecule has 0 aromatic heterocycles. The van der Waals surface area contributed by atoms with Crippen LogP contribution in [0.2, 0.25) is 0 Å². The molecule has 3 fully saturated rings. The zero-order valence-corrected chi connectivity index (χ0v) is 20.3. The van der Waals surface area contributed by atoms with Crippen molar-refractivity contribution in [2.24, 2.45) is 0 Å². The van der Waals surface area contributed by atoms with Crippen LogP contribution in [0.5, 0.6) is 0 Å². The van der Waals surface area contributed by atoms with E-state index in [1.165, 1.54) is 5.56 Å². The standard InChI is InChI=1S/C25H39N5O4/c1-26-20-23(34-25(26)33)30-17-16-28(11-9-24(31)32)19-22(30)8-5-10-27-12-14-29(15-13-27)18-21-6-3-2-4-7-21/h2-4,6-7,22-23H,5,8-20H2,1H3,(H,31,32). The Kier molecular flexibility index (Phi) is 8.77. The van der Waals surface area contributed by atoms with Gasteiger partial charge in [-0.15, -0.1) is 0 Å². The molecule has 2 atom stereocenters. The topological polar surface area (TPSA) is 79.8 Å². The van der Waals surface area contributed by atoms with E-state index < -0.39 is 5.97 Å². The van der Waals surface area contributed by atoms with Gasteiger partial charge in [0.2, 0.25) is 0 Å². The van der Waals surface area contributed by atoms with Crippen LogP contribution in [0.25, 0.3) is 0 Å². The van der Waals surface area contributed by atoms with E-state index in [4.69, 9.17) is 9.84 Å². The average molecular weight is 474 g/mol. The maximum absolute atomic E-state index is 11.9. The summed E-state index contributed by atoms with van der Waals surface area (Å²) in [6.45, 7) is 10.1. The normalized spacial score (nSPS) is 25.6. The molecule has 0 spiro atoms. The van der Waals surface area contributed by atoms with E-state index in [1.807, 2.05) is 0 Å². The number of hydrogen-bond acceptors (Lipinski definition) is 7. The van der Waals surface area contributed by atoms with E-state index in [1.54, 1.807) is 11.9 Å². The lowest BCUT2D eigenvalue weighted by molar-refractivity contribution is -0.137. The fraction of sp³-hybridized carbons (Fsp3) is 0.680. The number of carboxylic acid groups (broad SMARTS) is 1. The fourth-order valence-electron chi connectivity index (χ4n) is 5.31. The van der Waals surface area contributed by atoms with Gasteiger partial charge in [-0.1, -0.05) is 30.3 Å². The Morgan fingerprint density at radius 1 is 0.971 bits per heavy atom. The summed E-state index contributed by atoms with van der Waals surface area (Å²) in [5.41, 5.74) is 1.37. The van der Waals surface area contributed by atoms with Crippen LogP contribution < -0.4 is 0 Å². The number of likely N-dealkylation sites (N-methyl/N-ethyl adjacent to an activating group) is 1. The summed E-state index contributed by atoms with van der Waals surface area (Å²) in [4.78, 5) is 34.3.